The first kappa shape index (κ1) is 24.1. The molecule has 3 fully saturated rings. The van der Waals surface area contributed by atoms with Gasteiger partial charge >= 0.3 is 0 Å². The smallest absolute Gasteiger partial charge is 0.251 e. The van der Waals surface area contributed by atoms with E-state index in [1.807, 2.05) is 19.1 Å². The van der Waals surface area contributed by atoms with E-state index >= 15 is 0 Å². The van der Waals surface area contributed by atoms with Crippen LogP contribution in [0.25, 0.3) is 11.5 Å². The molecule has 1 unspecified atom stereocenters. The predicted molar refractivity (Wildman–Crippen MR) is 134 cm³/mol. The molecule has 0 radical (unpaired) electrons. The van der Waals surface area contributed by atoms with Crippen molar-refractivity contribution in [2.45, 2.75) is 31.7 Å². The van der Waals surface area contributed by atoms with Crippen LogP contribution < -0.4 is 19.5 Å². The lowest BCUT2D eigenvalue weighted by Crippen LogP contribution is -2.56. The minimum atomic E-state index is -0.164. The van der Waals surface area contributed by atoms with E-state index in [1.54, 1.807) is 25.5 Å². The summed E-state index contributed by atoms with van der Waals surface area (Å²) < 4.78 is 21.7. The lowest BCUT2D eigenvalue weighted by Gasteiger charge is -2.49. The molecule has 6 rings (SSSR count). The number of carbonyl (C=O) groups excluding carboxylic acids is 1. The Morgan fingerprint density at radius 1 is 1.14 bits per heavy atom. The molecule has 3 saturated heterocycles. The standard InChI is InChI=1S/C27H32N4O5/c1-16-29-21(13-22(30-16)23-6-5-9-36-23)20-15-31-8-7-17(20)10-19(31)14-28-27(32)18-11-24(33-2)26(35-4)25(12-18)34-3/h5-6,9,11-13,17,19-20H,7-8,10,14-15H2,1-4H3,(H,28,32)/t17-,19+,20-/m0/s1. The van der Waals surface area contributed by atoms with E-state index in [-0.39, 0.29) is 5.91 Å². The Morgan fingerprint density at radius 3 is 2.53 bits per heavy atom. The van der Waals surface area contributed by atoms with Gasteiger partial charge in [0.1, 0.15) is 11.5 Å². The monoisotopic (exact) mass is 492 g/mol. The molecule has 2 bridgehead atoms. The number of nitrogens with zero attached hydrogens (tertiary/aromatic N) is 3. The number of amides is 1. The predicted octanol–water partition coefficient (Wildman–Crippen LogP) is 3.68. The molecule has 36 heavy (non-hydrogen) atoms. The van der Waals surface area contributed by atoms with Crippen molar-refractivity contribution in [3.05, 3.63) is 53.7 Å². The summed E-state index contributed by atoms with van der Waals surface area (Å²) in [6, 6.07) is 9.51. The van der Waals surface area contributed by atoms with E-state index in [1.165, 1.54) is 14.2 Å². The second kappa shape index (κ2) is 10.2. The van der Waals surface area contributed by atoms with Crippen LogP contribution in [-0.4, -0.2) is 67.8 Å². The zero-order valence-electron chi connectivity index (χ0n) is 21.1. The number of furan rings is 1. The minimum Gasteiger partial charge on any atom is -0.493 e. The summed E-state index contributed by atoms with van der Waals surface area (Å²) in [6.45, 7) is 4.46. The van der Waals surface area contributed by atoms with Crippen molar-refractivity contribution in [3.63, 3.8) is 0 Å². The average Bonchev–Trinajstić information content (AvgIpc) is 3.46. The van der Waals surface area contributed by atoms with Crippen molar-refractivity contribution in [2.75, 3.05) is 41.0 Å². The number of hydrogen-bond donors (Lipinski definition) is 1. The van der Waals surface area contributed by atoms with Crippen LogP contribution in [0.2, 0.25) is 0 Å². The van der Waals surface area contributed by atoms with Crippen molar-refractivity contribution >= 4 is 5.91 Å². The topological polar surface area (TPSA) is 99.0 Å². The largest absolute Gasteiger partial charge is 0.493 e. The number of benzene rings is 1. The van der Waals surface area contributed by atoms with Crippen LogP contribution in [-0.2, 0) is 0 Å². The Hall–Kier alpha value is -3.59. The fourth-order valence-electron chi connectivity index (χ4n) is 5.54. The molecule has 9 heteroatoms. The maximum Gasteiger partial charge on any atom is 0.251 e. The summed E-state index contributed by atoms with van der Waals surface area (Å²) in [5.41, 5.74) is 2.37. The number of carbonyl (C=O) groups is 1. The molecule has 9 nitrogen and oxygen atoms in total. The van der Waals surface area contributed by atoms with E-state index in [0.29, 0.717) is 47.2 Å². The van der Waals surface area contributed by atoms with Crippen LogP contribution in [0.3, 0.4) is 0 Å². The van der Waals surface area contributed by atoms with Crippen LogP contribution in [0.1, 0.15) is 40.6 Å². The van der Waals surface area contributed by atoms with Crippen LogP contribution in [0, 0.1) is 12.8 Å². The maximum atomic E-state index is 13.0. The van der Waals surface area contributed by atoms with Crippen molar-refractivity contribution in [1.82, 2.24) is 20.2 Å². The van der Waals surface area contributed by atoms with Gasteiger partial charge in [-0.3, -0.25) is 9.69 Å². The van der Waals surface area contributed by atoms with Crippen molar-refractivity contribution in [3.8, 4) is 28.7 Å². The number of nitrogens with one attached hydrogen (secondary N) is 1. The molecule has 1 amide bonds. The normalized spacial score (nSPS) is 22.8. The SMILES string of the molecule is COc1cc(C(=O)NC[C@H]2C[C@@H]3CCN2C[C@@H]3c2cc(-c3ccco3)nc(C)n2)cc(OC)c1OC. The summed E-state index contributed by atoms with van der Waals surface area (Å²) in [5, 5.41) is 3.11. The van der Waals surface area contributed by atoms with E-state index in [4.69, 9.17) is 23.6 Å². The minimum absolute atomic E-state index is 0.164. The van der Waals surface area contributed by atoms with Gasteiger partial charge in [-0.25, -0.2) is 9.97 Å². The summed E-state index contributed by atoms with van der Waals surface area (Å²) in [4.78, 5) is 24.8. The average molecular weight is 493 g/mol. The number of ether oxygens (including phenoxy) is 3. The van der Waals surface area contributed by atoms with Gasteiger partial charge in [0, 0.05) is 36.3 Å². The molecule has 0 aliphatic carbocycles. The first-order valence-electron chi connectivity index (χ1n) is 12.2. The highest BCUT2D eigenvalue weighted by Crippen LogP contribution is 2.42. The van der Waals surface area contributed by atoms with Gasteiger partial charge in [-0.05, 0) is 62.6 Å². The summed E-state index contributed by atoms with van der Waals surface area (Å²) in [5.74, 6) is 3.59. The molecule has 190 valence electrons. The van der Waals surface area contributed by atoms with Crippen molar-refractivity contribution in [1.29, 1.82) is 0 Å². The van der Waals surface area contributed by atoms with Gasteiger partial charge in [-0.1, -0.05) is 0 Å². The summed E-state index contributed by atoms with van der Waals surface area (Å²) >= 11 is 0. The highest BCUT2D eigenvalue weighted by atomic mass is 16.5. The molecule has 1 aromatic carbocycles. The molecule has 3 aromatic rings. The molecule has 2 aromatic heterocycles. The van der Waals surface area contributed by atoms with Gasteiger partial charge in [-0.2, -0.15) is 0 Å². The molecule has 1 N–H and O–H groups in total. The van der Waals surface area contributed by atoms with E-state index < -0.39 is 0 Å². The molecule has 3 aliphatic heterocycles. The van der Waals surface area contributed by atoms with Gasteiger partial charge in [0.2, 0.25) is 5.75 Å². The number of hydrogen-bond acceptors (Lipinski definition) is 8. The zero-order chi connectivity index (χ0) is 25.2. The van der Waals surface area contributed by atoms with Gasteiger partial charge in [-0.15, -0.1) is 0 Å². The number of aryl methyl sites for hydroxylation is 1. The second-order valence-electron chi connectivity index (χ2n) is 9.37. The van der Waals surface area contributed by atoms with E-state index in [2.05, 4.69) is 21.3 Å². The Morgan fingerprint density at radius 2 is 1.92 bits per heavy atom. The Bertz CT molecular complexity index is 1200. The second-order valence-corrected chi connectivity index (χ2v) is 9.37. The van der Waals surface area contributed by atoms with Crippen molar-refractivity contribution < 1.29 is 23.4 Å². The molecule has 5 heterocycles. The van der Waals surface area contributed by atoms with Crippen LogP contribution in [0.5, 0.6) is 17.2 Å². The first-order valence-corrected chi connectivity index (χ1v) is 12.2. The summed E-state index contributed by atoms with van der Waals surface area (Å²) in [6.07, 6.45) is 3.80. The fourth-order valence-corrected chi connectivity index (χ4v) is 5.54. The van der Waals surface area contributed by atoms with E-state index in [9.17, 15) is 4.79 Å². The summed E-state index contributed by atoms with van der Waals surface area (Å²) in [7, 11) is 4.62. The highest BCUT2D eigenvalue weighted by molar-refractivity contribution is 5.95. The Labute approximate surface area is 210 Å². The number of rotatable bonds is 8. The lowest BCUT2D eigenvalue weighted by atomic mass is 9.74. The number of piperidine rings is 3. The van der Waals surface area contributed by atoms with Gasteiger partial charge in [0.15, 0.2) is 17.3 Å². The molecule has 3 aliphatic rings. The molecular formula is C27H32N4O5. The Kier molecular flexibility index (Phi) is 6.82. The first-order chi connectivity index (χ1) is 17.5. The molecule has 0 spiro atoms. The third kappa shape index (κ3) is 4.63. The fraction of sp³-hybridized carbons (Fsp3) is 0.444. The zero-order valence-corrected chi connectivity index (χ0v) is 21.1. The van der Waals surface area contributed by atoms with Crippen LogP contribution >= 0.6 is 0 Å². The maximum absolute atomic E-state index is 13.0. The third-order valence-electron chi connectivity index (χ3n) is 7.32. The van der Waals surface area contributed by atoms with E-state index in [0.717, 1.165) is 48.9 Å². The van der Waals surface area contributed by atoms with Gasteiger partial charge in [0.25, 0.3) is 5.91 Å². The van der Waals surface area contributed by atoms with Crippen LogP contribution in [0.4, 0.5) is 0 Å². The van der Waals surface area contributed by atoms with Crippen molar-refractivity contribution in [2.24, 2.45) is 5.92 Å². The highest BCUT2D eigenvalue weighted by Gasteiger charge is 2.41. The lowest BCUT2D eigenvalue weighted by molar-refractivity contribution is 0.0290. The number of methoxy groups -OCH3 is 3. The molecule has 0 saturated carbocycles. The number of aromatic nitrogens is 2. The van der Waals surface area contributed by atoms with Crippen LogP contribution in [0.15, 0.2) is 41.0 Å². The van der Waals surface area contributed by atoms with Gasteiger partial charge < -0.3 is 23.9 Å². The number of fused-ring (bicyclic) bond motifs is 3. The quantitative estimate of drug-likeness (QED) is 0.509. The van der Waals surface area contributed by atoms with Gasteiger partial charge in [0.05, 0.1) is 27.6 Å². The molecular weight excluding hydrogens is 460 g/mol. The Balaban J connectivity index is 1.26. The third-order valence-corrected chi connectivity index (χ3v) is 7.32. The molecule has 4 atom stereocenters.